The van der Waals surface area contributed by atoms with Gasteiger partial charge in [-0.1, -0.05) is 0 Å². The molecule has 0 aliphatic carbocycles. The van der Waals surface area contributed by atoms with Gasteiger partial charge in [0.1, 0.15) is 18.4 Å². The molecule has 1 fully saturated rings. The van der Waals surface area contributed by atoms with Gasteiger partial charge in [-0.15, -0.1) is 0 Å². The summed E-state index contributed by atoms with van der Waals surface area (Å²) in [5.74, 6) is -0.577. The van der Waals surface area contributed by atoms with Crippen molar-refractivity contribution < 1.29 is 36.9 Å². The van der Waals surface area contributed by atoms with Gasteiger partial charge in [0.2, 0.25) is 0 Å². The summed E-state index contributed by atoms with van der Waals surface area (Å²) >= 11 is 0. The van der Waals surface area contributed by atoms with Gasteiger partial charge >= 0.3 is 12.1 Å². The molecule has 28 heavy (non-hydrogen) atoms. The van der Waals surface area contributed by atoms with Crippen molar-refractivity contribution in [3.63, 3.8) is 0 Å². The first-order valence-corrected chi connectivity index (χ1v) is 8.48. The molecular formula is C18H17F3N2O5. The molecule has 1 aromatic heterocycles. The van der Waals surface area contributed by atoms with Crippen molar-refractivity contribution in [2.75, 3.05) is 27.4 Å². The number of ether oxygens (including phenoxy) is 4. The Hall–Kier alpha value is -2.75. The number of alkyl halides is 3. The molecule has 2 aliphatic heterocycles. The third kappa shape index (κ3) is 2.97. The van der Waals surface area contributed by atoms with Crippen molar-refractivity contribution in [3.05, 3.63) is 23.9 Å². The fraction of sp³-hybridized carbons (Fsp3) is 0.444. The van der Waals surface area contributed by atoms with Crippen LogP contribution < -0.4 is 19.5 Å². The Kier molecular flexibility index (Phi) is 4.25. The van der Waals surface area contributed by atoms with Crippen LogP contribution in [0.1, 0.15) is 12.1 Å². The molecule has 1 saturated heterocycles. The molecule has 1 N–H and O–H groups in total. The van der Waals surface area contributed by atoms with Gasteiger partial charge in [0.15, 0.2) is 22.8 Å². The first kappa shape index (κ1) is 18.6. The molecule has 2 aromatic rings. The van der Waals surface area contributed by atoms with Gasteiger partial charge in [-0.05, 0) is 18.2 Å². The molecule has 150 valence electrons. The van der Waals surface area contributed by atoms with Crippen LogP contribution in [0.15, 0.2) is 18.2 Å². The molecule has 3 heterocycles. The summed E-state index contributed by atoms with van der Waals surface area (Å²) in [5, 5.41) is 3.27. The van der Waals surface area contributed by atoms with E-state index in [1.165, 1.54) is 26.4 Å². The average molecular weight is 398 g/mol. The molecule has 1 aromatic carbocycles. The van der Waals surface area contributed by atoms with Gasteiger partial charge in [-0.3, -0.25) is 4.79 Å². The van der Waals surface area contributed by atoms with Crippen LogP contribution in [0.5, 0.6) is 17.2 Å². The van der Waals surface area contributed by atoms with Gasteiger partial charge in [0.25, 0.3) is 0 Å². The molecule has 0 radical (unpaired) electrons. The van der Waals surface area contributed by atoms with Crippen molar-refractivity contribution in [2.24, 2.45) is 0 Å². The van der Waals surface area contributed by atoms with E-state index in [1.54, 1.807) is 6.07 Å². The van der Waals surface area contributed by atoms with E-state index in [2.05, 4.69) is 10.3 Å². The Bertz CT molecular complexity index is 949. The Morgan fingerprint density at radius 1 is 1.32 bits per heavy atom. The quantitative estimate of drug-likeness (QED) is 0.778. The number of nitrogens with one attached hydrogen (secondary N) is 1. The predicted molar refractivity (Wildman–Crippen MR) is 90.6 cm³/mol. The minimum absolute atomic E-state index is 0.0197. The Balaban J connectivity index is 1.81. The first-order valence-electron chi connectivity index (χ1n) is 8.48. The van der Waals surface area contributed by atoms with E-state index in [4.69, 9.17) is 18.9 Å². The lowest BCUT2D eigenvalue weighted by molar-refractivity contribution is -0.146. The van der Waals surface area contributed by atoms with Crippen LogP contribution in [0, 0.1) is 0 Å². The number of pyridine rings is 1. The van der Waals surface area contributed by atoms with Crippen LogP contribution in [-0.4, -0.2) is 50.0 Å². The Morgan fingerprint density at radius 3 is 2.79 bits per heavy atom. The van der Waals surface area contributed by atoms with Gasteiger partial charge in [0, 0.05) is 18.4 Å². The monoisotopic (exact) mass is 398 g/mol. The van der Waals surface area contributed by atoms with E-state index in [0.717, 1.165) is 0 Å². The van der Waals surface area contributed by atoms with E-state index >= 15 is 0 Å². The van der Waals surface area contributed by atoms with Crippen molar-refractivity contribution in [1.29, 1.82) is 0 Å². The van der Waals surface area contributed by atoms with Crippen molar-refractivity contribution in [1.82, 2.24) is 10.3 Å². The summed E-state index contributed by atoms with van der Waals surface area (Å²) in [6.07, 6.45) is -4.62. The van der Waals surface area contributed by atoms with Crippen LogP contribution in [0.2, 0.25) is 0 Å². The fourth-order valence-corrected chi connectivity index (χ4v) is 3.52. The molecule has 7 nitrogen and oxygen atoms in total. The van der Waals surface area contributed by atoms with Crippen LogP contribution in [0.3, 0.4) is 0 Å². The maximum atomic E-state index is 13.7. The van der Waals surface area contributed by atoms with Crippen molar-refractivity contribution in [3.8, 4) is 17.2 Å². The number of fused-ring (bicyclic) bond motifs is 3. The van der Waals surface area contributed by atoms with Crippen LogP contribution in [0.25, 0.3) is 10.9 Å². The maximum absolute atomic E-state index is 13.7. The number of carbonyl (C=O) groups excluding carboxylic acids is 1. The number of methoxy groups -OCH3 is 2. The van der Waals surface area contributed by atoms with Crippen LogP contribution in [0.4, 0.5) is 13.2 Å². The number of hydrogen-bond acceptors (Lipinski definition) is 7. The second-order valence-corrected chi connectivity index (χ2v) is 6.73. The molecule has 0 saturated carbocycles. The molecule has 0 amide bonds. The average Bonchev–Trinajstić information content (AvgIpc) is 3.08. The lowest BCUT2D eigenvalue weighted by atomic mass is 9.99. The molecule has 0 bridgehead atoms. The summed E-state index contributed by atoms with van der Waals surface area (Å²) in [6, 6.07) is 3.82. The maximum Gasteiger partial charge on any atom is 0.437 e. The number of carbonyl (C=O) groups is 1. The lowest BCUT2D eigenvalue weighted by Crippen LogP contribution is -2.47. The Labute approximate surface area is 157 Å². The Morgan fingerprint density at radius 2 is 2.11 bits per heavy atom. The summed E-state index contributed by atoms with van der Waals surface area (Å²) in [7, 11) is 2.70. The van der Waals surface area contributed by atoms with Crippen molar-refractivity contribution >= 4 is 16.9 Å². The van der Waals surface area contributed by atoms with E-state index in [-0.39, 0.29) is 30.8 Å². The highest BCUT2D eigenvalue weighted by Crippen LogP contribution is 2.49. The second-order valence-electron chi connectivity index (χ2n) is 6.73. The summed E-state index contributed by atoms with van der Waals surface area (Å²) in [5.41, 5.74) is -2.18. The largest absolute Gasteiger partial charge is 0.497 e. The highest BCUT2D eigenvalue weighted by Gasteiger charge is 2.50. The number of nitrogens with zero attached hydrogens (tertiary/aromatic N) is 1. The number of halogens is 3. The zero-order valence-electron chi connectivity index (χ0n) is 15.1. The number of hydrogen-bond donors (Lipinski definition) is 1. The number of aromatic nitrogens is 1. The second kappa shape index (κ2) is 6.40. The zero-order chi connectivity index (χ0) is 20.1. The predicted octanol–water partition coefficient (Wildman–Crippen LogP) is 2.31. The molecular weight excluding hydrogens is 381 g/mol. The molecule has 2 aliphatic rings. The standard InChI is InChI=1S/C18H17F3N2O5/c1-25-9-3-4-11-10(5-9)13-14(15(23-11)18(19,20)21)28-17(8-27-13)6-12(22-7-17)16(24)26-2/h3-5,12,22H,6-8H2,1-2H3. The topological polar surface area (TPSA) is 78.9 Å². The lowest BCUT2D eigenvalue weighted by Gasteiger charge is -2.36. The fourth-order valence-electron chi connectivity index (χ4n) is 3.52. The van der Waals surface area contributed by atoms with E-state index in [0.29, 0.717) is 11.1 Å². The smallest absolute Gasteiger partial charge is 0.437 e. The summed E-state index contributed by atoms with van der Waals surface area (Å²) < 4.78 is 62.4. The number of benzene rings is 1. The minimum Gasteiger partial charge on any atom is -0.497 e. The van der Waals surface area contributed by atoms with Gasteiger partial charge in [0.05, 0.1) is 19.7 Å². The van der Waals surface area contributed by atoms with Crippen LogP contribution in [-0.2, 0) is 15.7 Å². The normalized spacial score (nSPS) is 23.8. The SMILES string of the molecule is COC(=O)C1CC2(CN1)COc1c(c(C(F)(F)F)nc3ccc(OC)cc13)O2. The third-order valence-electron chi connectivity index (χ3n) is 4.90. The summed E-state index contributed by atoms with van der Waals surface area (Å²) in [4.78, 5) is 15.5. The molecule has 1 spiro atoms. The zero-order valence-corrected chi connectivity index (χ0v) is 15.1. The van der Waals surface area contributed by atoms with E-state index < -0.39 is 35.2 Å². The molecule has 10 heteroatoms. The van der Waals surface area contributed by atoms with Gasteiger partial charge in [-0.25, -0.2) is 4.98 Å². The molecule has 4 rings (SSSR count). The first-order chi connectivity index (χ1) is 13.3. The van der Waals surface area contributed by atoms with Gasteiger partial charge < -0.3 is 24.3 Å². The molecule has 2 unspecified atom stereocenters. The van der Waals surface area contributed by atoms with E-state index in [9.17, 15) is 18.0 Å². The number of rotatable bonds is 2. The van der Waals surface area contributed by atoms with Crippen LogP contribution >= 0.6 is 0 Å². The third-order valence-corrected chi connectivity index (χ3v) is 4.90. The van der Waals surface area contributed by atoms with Crippen molar-refractivity contribution in [2.45, 2.75) is 24.2 Å². The minimum atomic E-state index is -4.74. The highest BCUT2D eigenvalue weighted by atomic mass is 19.4. The summed E-state index contributed by atoms with van der Waals surface area (Å²) in [6.45, 7) is 0.119. The molecule has 2 atom stereocenters. The number of esters is 1. The van der Waals surface area contributed by atoms with Gasteiger partial charge in [-0.2, -0.15) is 13.2 Å². The van der Waals surface area contributed by atoms with E-state index in [1.807, 2.05) is 0 Å². The highest BCUT2D eigenvalue weighted by molar-refractivity contribution is 5.90.